The predicted molar refractivity (Wildman–Crippen MR) is 66.4 cm³/mol. The molecule has 0 aliphatic rings. The number of rotatable bonds is 6. The van der Waals surface area contributed by atoms with Crippen LogP contribution in [0.3, 0.4) is 0 Å². The lowest BCUT2D eigenvalue weighted by Crippen LogP contribution is -2.15. The number of aromatic nitrogens is 2. The van der Waals surface area contributed by atoms with Gasteiger partial charge in [0.2, 0.25) is 0 Å². The lowest BCUT2D eigenvalue weighted by atomic mass is 10.2. The zero-order chi connectivity index (χ0) is 11.1. The summed E-state index contributed by atoms with van der Waals surface area (Å²) < 4.78 is 0. The molecule has 0 fully saturated rings. The maximum atomic E-state index is 3.97. The monoisotopic (exact) mass is 233 g/mol. The van der Waals surface area contributed by atoms with Crippen LogP contribution < -0.4 is 5.32 Å². The summed E-state index contributed by atoms with van der Waals surface area (Å²) in [6, 6.07) is 4.30. The third kappa shape index (κ3) is 3.72. The molecule has 0 amide bonds. The fourth-order valence-electron chi connectivity index (χ4n) is 1.50. The van der Waals surface area contributed by atoms with Gasteiger partial charge in [-0.25, -0.2) is 9.97 Å². The minimum Gasteiger partial charge on any atom is -0.313 e. The Kier molecular flexibility index (Phi) is 4.46. The van der Waals surface area contributed by atoms with E-state index in [9.17, 15) is 0 Å². The Bertz CT molecular complexity index is 386. The first-order valence-corrected chi connectivity index (χ1v) is 6.30. The molecule has 0 bridgehead atoms. The van der Waals surface area contributed by atoms with Crippen molar-refractivity contribution in [3.05, 3.63) is 46.7 Å². The number of thiophene rings is 1. The third-order valence-corrected chi connectivity index (χ3v) is 3.24. The Balaban J connectivity index is 1.59. The van der Waals surface area contributed by atoms with Crippen molar-refractivity contribution in [2.75, 3.05) is 6.54 Å². The Labute approximate surface area is 99.6 Å². The van der Waals surface area contributed by atoms with Crippen molar-refractivity contribution in [2.24, 2.45) is 0 Å². The van der Waals surface area contributed by atoms with Gasteiger partial charge in [-0.3, -0.25) is 0 Å². The molecule has 3 nitrogen and oxygen atoms in total. The van der Waals surface area contributed by atoms with Crippen molar-refractivity contribution >= 4 is 11.3 Å². The van der Waals surface area contributed by atoms with E-state index in [-0.39, 0.29) is 0 Å². The highest BCUT2D eigenvalue weighted by molar-refractivity contribution is 7.09. The lowest BCUT2D eigenvalue weighted by Gasteiger charge is -2.03. The minimum atomic E-state index is 0.852. The molecule has 0 aliphatic carbocycles. The van der Waals surface area contributed by atoms with Crippen LogP contribution in [0, 0.1) is 0 Å². The van der Waals surface area contributed by atoms with Gasteiger partial charge in [-0.15, -0.1) is 11.3 Å². The Morgan fingerprint density at radius 3 is 2.88 bits per heavy atom. The molecule has 84 valence electrons. The van der Waals surface area contributed by atoms with E-state index in [1.165, 1.54) is 11.3 Å². The summed E-state index contributed by atoms with van der Waals surface area (Å²) in [7, 11) is 0. The van der Waals surface area contributed by atoms with Crippen LogP contribution in [-0.2, 0) is 13.0 Å². The van der Waals surface area contributed by atoms with E-state index >= 15 is 0 Å². The van der Waals surface area contributed by atoms with Crippen LogP contribution in [0.25, 0.3) is 0 Å². The molecule has 2 aromatic heterocycles. The average Bonchev–Trinajstić information content (AvgIpc) is 2.83. The molecule has 0 unspecified atom stereocenters. The molecule has 0 saturated carbocycles. The zero-order valence-corrected chi connectivity index (χ0v) is 9.91. The van der Waals surface area contributed by atoms with Crippen LogP contribution in [0.1, 0.15) is 16.9 Å². The topological polar surface area (TPSA) is 37.8 Å². The summed E-state index contributed by atoms with van der Waals surface area (Å²) in [5, 5.41) is 5.52. The fourth-order valence-corrected chi connectivity index (χ4v) is 2.25. The van der Waals surface area contributed by atoms with Gasteiger partial charge in [-0.1, -0.05) is 6.07 Å². The molecular weight excluding hydrogens is 218 g/mol. The first-order chi connectivity index (χ1) is 7.95. The van der Waals surface area contributed by atoms with Crippen LogP contribution in [0.15, 0.2) is 36.2 Å². The van der Waals surface area contributed by atoms with Crippen molar-refractivity contribution in [2.45, 2.75) is 19.4 Å². The molecule has 1 N–H and O–H groups in total. The Hall–Kier alpha value is -1.26. The summed E-state index contributed by atoms with van der Waals surface area (Å²) in [5.41, 5.74) is 1.14. The van der Waals surface area contributed by atoms with E-state index in [4.69, 9.17) is 0 Å². The molecule has 0 atom stereocenters. The molecule has 0 aromatic carbocycles. The second-order valence-corrected chi connectivity index (χ2v) is 4.64. The maximum Gasteiger partial charge on any atom is 0.115 e. The van der Waals surface area contributed by atoms with Gasteiger partial charge in [0.05, 0.1) is 0 Å². The quantitative estimate of drug-likeness (QED) is 0.778. The van der Waals surface area contributed by atoms with Crippen molar-refractivity contribution in [1.82, 2.24) is 15.3 Å². The summed E-state index contributed by atoms with van der Waals surface area (Å²) >= 11 is 1.83. The second kappa shape index (κ2) is 6.35. The third-order valence-electron chi connectivity index (χ3n) is 2.30. The molecule has 0 radical (unpaired) electrons. The maximum absolute atomic E-state index is 3.97. The molecular formula is C12H15N3S. The van der Waals surface area contributed by atoms with Crippen LogP contribution in [0.5, 0.6) is 0 Å². The highest BCUT2D eigenvalue weighted by Gasteiger charge is 1.94. The van der Waals surface area contributed by atoms with E-state index in [1.807, 2.05) is 23.7 Å². The normalized spacial score (nSPS) is 10.5. The Morgan fingerprint density at radius 2 is 2.12 bits per heavy atom. The largest absolute Gasteiger partial charge is 0.313 e. The number of nitrogens with zero attached hydrogens (tertiary/aromatic N) is 2. The average molecular weight is 233 g/mol. The zero-order valence-electron chi connectivity index (χ0n) is 9.10. The fraction of sp³-hybridized carbons (Fsp3) is 0.333. The summed E-state index contributed by atoms with van der Waals surface area (Å²) in [6.45, 7) is 1.89. The molecule has 2 aromatic rings. The number of hydrogen-bond acceptors (Lipinski definition) is 4. The predicted octanol–water partition coefficient (Wildman–Crippen LogP) is 2.26. The highest BCUT2D eigenvalue weighted by atomic mass is 32.1. The van der Waals surface area contributed by atoms with Gasteiger partial charge in [0.1, 0.15) is 6.33 Å². The van der Waals surface area contributed by atoms with Gasteiger partial charge in [-0.05, 0) is 30.8 Å². The van der Waals surface area contributed by atoms with Gasteiger partial charge < -0.3 is 5.32 Å². The van der Waals surface area contributed by atoms with E-state index in [1.54, 1.807) is 6.33 Å². The van der Waals surface area contributed by atoms with Gasteiger partial charge in [0.15, 0.2) is 0 Å². The first kappa shape index (κ1) is 11.2. The van der Waals surface area contributed by atoms with E-state index in [0.29, 0.717) is 0 Å². The minimum absolute atomic E-state index is 0.852. The van der Waals surface area contributed by atoms with Crippen molar-refractivity contribution in [3.8, 4) is 0 Å². The number of nitrogens with one attached hydrogen (secondary N) is 1. The lowest BCUT2D eigenvalue weighted by molar-refractivity contribution is 0.649. The van der Waals surface area contributed by atoms with E-state index < -0.39 is 0 Å². The van der Waals surface area contributed by atoms with Crippen molar-refractivity contribution in [3.63, 3.8) is 0 Å². The van der Waals surface area contributed by atoms with Gasteiger partial charge >= 0.3 is 0 Å². The molecule has 0 spiro atoms. The molecule has 2 rings (SSSR count). The summed E-state index contributed by atoms with van der Waals surface area (Å²) in [4.78, 5) is 9.41. The smallest absolute Gasteiger partial charge is 0.115 e. The molecule has 4 heteroatoms. The van der Waals surface area contributed by atoms with E-state index in [0.717, 1.165) is 25.1 Å². The summed E-state index contributed by atoms with van der Waals surface area (Å²) in [5.74, 6) is 0. The Morgan fingerprint density at radius 1 is 1.25 bits per heavy atom. The SMILES string of the molecule is c1csc(CCCNCc2cncnc2)c1. The first-order valence-electron chi connectivity index (χ1n) is 5.42. The second-order valence-electron chi connectivity index (χ2n) is 3.61. The molecule has 0 aliphatic heterocycles. The van der Waals surface area contributed by atoms with Gasteiger partial charge in [0, 0.05) is 29.4 Å². The number of aryl methyl sites for hydroxylation is 1. The van der Waals surface area contributed by atoms with Crippen molar-refractivity contribution < 1.29 is 0 Å². The number of hydrogen-bond donors (Lipinski definition) is 1. The van der Waals surface area contributed by atoms with Gasteiger partial charge in [-0.2, -0.15) is 0 Å². The van der Waals surface area contributed by atoms with Crippen LogP contribution in [0.2, 0.25) is 0 Å². The van der Waals surface area contributed by atoms with E-state index in [2.05, 4.69) is 32.8 Å². The van der Waals surface area contributed by atoms with Crippen LogP contribution in [0.4, 0.5) is 0 Å². The van der Waals surface area contributed by atoms with Gasteiger partial charge in [0.25, 0.3) is 0 Å². The standard InChI is InChI=1S/C12H15N3S/c1(3-12-4-2-6-16-12)5-13-7-11-8-14-10-15-9-11/h2,4,6,8-10,13H,1,3,5,7H2. The van der Waals surface area contributed by atoms with Crippen LogP contribution in [-0.4, -0.2) is 16.5 Å². The highest BCUT2D eigenvalue weighted by Crippen LogP contribution is 2.10. The molecule has 16 heavy (non-hydrogen) atoms. The van der Waals surface area contributed by atoms with Crippen molar-refractivity contribution in [1.29, 1.82) is 0 Å². The molecule has 0 saturated heterocycles. The molecule has 2 heterocycles. The summed E-state index contributed by atoms with van der Waals surface area (Å²) in [6.07, 6.45) is 7.59. The van der Waals surface area contributed by atoms with Crippen LogP contribution >= 0.6 is 11.3 Å².